The molecule has 0 radical (unpaired) electrons. The van der Waals surface area contributed by atoms with Gasteiger partial charge in [0.1, 0.15) is 0 Å². The van der Waals surface area contributed by atoms with Crippen molar-refractivity contribution in [3.8, 4) is 0 Å². The van der Waals surface area contributed by atoms with Crippen molar-refractivity contribution in [2.24, 2.45) is 0 Å². The van der Waals surface area contributed by atoms with Crippen LogP contribution in [-0.4, -0.2) is 19.3 Å². The highest BCUT2D eigenvalue weighted by atomic mass is 16.7. The molecule has 2 rings (SSSR count). The van der Waals surface area contributed by atoms with Crippen molar-refractivity contribution in [3.05, 3.63) is 24.3 Å². The monoisotopic (exact) mass is 191 g/mol. The van der Waals surface area contributed by atoms with Crippen molar-refractivity contribution in [2.45, 2.75) is 26.1 Å². The van der Waals surface area contributed by atoms with Gasteiger partial charge in [-0.3, -0.25) is 0 Å². The van der Waals surface area contributed by atoms with E-state index in [2.05, 4.69) is 0 Å². The van der Waals surface area contributed by atoms with Crippen LogP contribution in [0.25, 0.3) is 0 Å². The zero-order valence-corrected chi connectivity index (χ0v) is 8.44. The van der Waals surface area contributed by atoms with Gasteiger partial charge in [-0.1, -0.05) is 12.1 Å². The number of rotatable bonds is 1. The van der Waals surface area contributed by atoms with Gasteiger partial charge in [0.15, 0.2) is 0 Å². The maximum absolute atomic E-state index is 5.64. The van der Waals surface area contributed by atoms with Crippen molar-refractivity contribution in [1.82, 2.24) is 0 Å². The number of benzene rings is 1. The van der Waals surface area contributed by atoms with Crippen LogP contribution in [0.3, 0.4) is 0 Å². The van der Waals surface area contributed by atoms with Crippen molar-refractivity contribution >= 4 is 18.3 Å². The van der Waals surface area contributed by atoms with Gasteiger partial charge in [0.25, 0.3) is 0 Å². The van der Waals surface area contributed by atoms with Crippen LogP contribution >= 0.6 is 0 Å². The van der Waals surface area contributed by atoms with Gasteiger partial charge in [-0.15, -0.1) is 0 Å². The second-order valence-corrected chi connectivity index (χ2v) is 3.68. The molecule has 3 nitrogen and oxygen atoms in total. The summed E-state index contributed by atoms with van der Waals surface area (Å²) in [7, 11) is -0.236. The normalized spacial score (nSPS) is 26.9. The topological polar surface area (TPSA) is 44.5 Å². The Morgan fingerprint density at radius 3 is 2.07 bits per heavy atom. The maximum Gasteiger partial charge on any atom is 0.494 e. The van der Waals surface area contributed by atoms with E-state index in [9.17, 15) is 0 Å². The number of hydrogen-bond acceptors (Lipinski definition) is 3. The maximum atomic E-state index is 5.64. The Bertz CT molecular complexity index is 304. The Labute approximate surface area is 84.3 Å². The van der Waals surface area contributed by atoms with Gasteiger partial charge < -0.3 is 15.0 Å². The first-order valence-corrected chi connectivity index (χ1v) is 4.83. The summed E-state index contributed by atoms with van der Waals surface area (Å²) in [6.45, 7) is 4.03. The minimum atomic E-state index is -0.236. The third-order valence-electron chi connectivity index (χ3n) is 2.55. The van der Waals surface area contributed by atoms with E-state index in [4.69, 9.17) is 15.0 Å². The molecule has 1 fully saturated rings. The highest BCUT2D eigenvalue weighted by Crippen LogP contribution is 2.15. The molecule has 0 aromatic heterocycles. The molecule has 0 aliphatic carbocycles. The molecule has 1 aliphatic heterocycles. The third kappa shape index (κ3) is 1.76. The van der Waals surface area contributed by atoms with E-state index in [1.807, 2.05) is 38.1 Å². The van der Waals surface area contributed by atoms with Gasteiger partial charge in [-0.25, -0.2) is 0 Å². The molecule has 14 heavy (non-hydrogen) atoms. The average molecular weight is 191 g/mol. The second-order valence-electron chi connectivity index (χ2n) is 3.68. The van der Waals surface area contributed by atoms with Gasteiger partial charge in [0, 0.05) is 5.69 Å². The molecular weight excluding hydrogens is 177 g/mol. The first-order chi connectivity index (χ1) is 6.66. The molecule has 2 atom stereocenters. The molecule has 2 unspecified atom stereocenters. The van der Waals surface area contributed by atoms with Gasteiger partial charge >= 0.3 is 7.12 Å². The van der Waals surface area contributed by atoms with E-state index >= 15 is 0 Å². The van der Waals surface area contributed by atoms with E-state index in [0.29, 0.717) is 0 Å². The first-order valence-electron chi connectivity index (χ1n) is 4.83. The summed E-state index contributed by atoms with van der Waals surface area (Å²) in [5.41, 5.74) is 7.38. The first kappa shape index (κ1) is 9.56. The zero-order chi connectivity index (χ0) is 10.1. The lowest BCUT2D eigenvalue weighted by Gasteiger charge is -2.04. The van der Waals surface area contributed by atoms with Crippen LogP contribution in [0, 0.1) is 0 Å². The summed E-state index contributed by atoms with van der Waals surface area (Å²) in [5.74, 6) is 0. The Kier molecular flexibility index (Phi) is 2.48. The summed E-state index contributed by atoms with van der Waals surface area (Å²) in [6, 6.07) is 7.58. The molecule has 2 N–H and O–H groups in total. The number of hydrogen-bond donors (Lipinski definition) is 1. The number of nitrogens with two attached hydrogens (primary N) is 1. The molecular formula is C10H14BNO2. The quantitative estimate of drug-likeness (QED) is 0.527. The molecule has 1 heterocycles. The van der Waals surface area contributed by atoms with Crippen molar-refractivity contribution < 1.29 is 9.31 Å². The highest BCUT2D eigenvalue weighted by molar-refractivity contribution is 6.61. The third-order valence-corrected chi connectivity index (χ3v) is 2.55. The molecule has 74 valence electrons. The molecule has 4 heteroatoms. The molecule has 1 aromatic carbocycles. The standard InChI is InChI=1S/C10H14BNO2/c1-7-8(2)14-11(13-7)9-3-5-10(12)6-4-9/h3-8H,12H2,1-2H3. The molecule has 0 spiro atoms. The van der Waals surface area contributed by atoms with Gasteiger partial charge in [0.05, 0.1) is 12.2 Å². The fourth-order valence-corrected chi connectivity index (χ4v) is 1.45. The lowest BCUT2D eigenvalue weighted by Crippen LogP contribution is -2.32. The van der Waals surface area contributed by atoms with Crippen LogP contribution in [0.15, 0.2) is 24.3 Å². The fraction of sp³-hybridized carbons (Fsp3) is 0.400. The van der Waals surface area contributed by atoms with Crippen LogP contribution in [0.4, 0.5) is 5.69 Å². The highest BCUT2D eigenvalue weighted by Gasteiger charge is 2.35. The summed E-state index contributed by atoms with van der Waals surface area (Å²) >= 11 is 0. The Balaban J connectivity index is 2.13. The summed E-state index contributed by atoms with van der Waals surface area (Å²) in [6.07, 6.45) is 0.301. The molecule has 1 aliphatic rings. The molecule has 1 aromatic rings. The van der Waals surface area contributed by atoms with Crippen LogP contribution in [0.1, 0.15) is 13.8 Å². The van der Waals surface area contributed by atoms with E-state index in [1.54, 1.807) is 0 Å². The van der Waals surface area contributed by atoms with Crippen LogP contribution in [0.5, 0.6) is 0 Å². The zero-order valence-electron chi connectivity index (χ0n) is 8.44. The minimum Gasteiger partial charge on any atom is -0.402 e. The average Bonchev–Trinajstić information content (AvgIpc) is 2.48. The number of anilines is 1. The summed E-state index contributed by atoms with van der Waals surface area (Å²) in [5, 5.41) is 0. The molecule has 0 bridgehead atoms. The largest absolute Gasteiger partial charge is 0.494 e. The number of nitrogen functional groups attached to an aromatic ring is 1. The van der Waals surface area contributed by atoms with Crippen molar-refractivity contribution in [1.29, 1.82) is 0 Å². The van der Waals surface area contributed by atoms with E-state index < -0.39 is 0 Å². The van der Waals surface area contributed by atoms with Crippen LogP contribution in [-0.2, 0) is 9.31 Å². The fourth-order valence-electron chi connectivity index (χ4n) is 1.45. The summed E-state index contributed by atoms with van der Waals surface area (Å²) in [4.78, 5) is 0. The van der Waals surface area contributed by atoms with Gasteiger partial charge in [-0.05, 0) is 31.4 Å². The lowest BCUT2D eigenvalue weighted by atomic mass is 9.79. The Morgan fingerprint density at radius 1 is 1.07 bits per heavy atom. The van der Waals surface area contributed by atoms with Crippen LogP contribution < -0.4 is 11.2 Å². The predicted molar refractivity (Wildman–Crippen MR) is 57.3 cm³/mol. The van der Waals surface area contributed by atoms with E-state index in [1.165, 1.54) is 0 Å². The van der Waals surface area contributed by atoms with Crippen molar-refractivity contribution in [3.63, 3.8) is 0 Å². The smallest absolute Gasteiger partial charge is 0.402 e. The molecule has 1 saturated heterocycles. The van der Waals surface area contributed by atoms with Crippen LogP contribution in [0.2, 0.25) is 0 Å². The summed E-state index contributed by atoms with van der Waals surface area (Å²) < 4.78 is 11.3. The lowest BCUT2D eigenvalue weighted by molar-refractivity contribution is 0.187. The van der Waals surface area contributed by atoms with Gasteiger partial charge in [0.2, 0.25) is 0 Å². The van der Waals surface area contributed by atoms with E-state index in [0.717, 1.165) is 11.2 Å². The van der Waals surface area contributed by atoms with Gasteiger partial charge in [-0.2, -0.15) is 0 Å². The SMILES string of the molecule is CC1OB(c2ccc(N)cc2)OC1C. The Morgan fingerprint density at radius 2 is 1.57 bits per heavy atom. The minimum absolute atomic E-state index is 0.151. The Hall–Kier alpha value is -0.995. The molecule has 0 saturated carbocycles. The molecule has 0 amide bonds. The van der Waals surface area contributed by atoms with Crippen molar-refractivity contribution in [2.75, 3.05) is 5.73 Å². The second kappa shape index (κ2) is 3.63. The predicted octanol–water partition coefficient (Wildman–Crippen LogP) is 0.788. The van der Waals surface area contributed by atoms with E-state index in [-0.39, 0.29) is 19.3 Å².